The third-order valence-corrected chi connectivity index (χ3v) is 7.68. The molecule has 29 heavy (non-hydrogen) atoms. The summed E-state index contributed by atoms with van der Waals surface area (Å²) >= 11 is 1.42. The van der Waals surface area contributed by atoms with Crippen LogP contribution in [0.25, 0.3) is 0 Å². The van der Waals surface area contributed by atoms with E-state index in [0.29, 0.717) is 43.0 Å². The molecule has 7 nitrogen and oxygen atoms in total. The molecule has 1 aromatic heterocycles. The Morgan fingerprint density at radius 2 is 1.90 bits per heavy atom. The van der Waals surface area contributed by atoms with Crippen LogP contribution in [0.15, 0.2) is 35.7 Å². The number of amides is 2. The zero-order chi connectivity index (χ0) is 20.6. The van der Waals surface area contributed by atoms with Gasteiger partial charge in [-0.2, -0.15) is 0 Å². The molecular weight excluding hydrogens is 410 g/mol. The van der Waals surface area contributed by atoms with Gasteiger partial charge in [-0.1, -0.05) is 12.1 Å². The number of anilines is 2. The molecule has 1 aromatic carbocycles. The molecule has 1 fully saturated rings. The average Bonchev–Trinajstić information content (AvgIpc) is 3.37. The van der Waals surface area contributed by atoms with Gasteiger partial charge >= 0.3 is 0 Å². The lowest BCUT2D eigenvalue weighted by Crippen LogP contribution is -2.40. The van der Waals surface area contributed by atoms with Crippen molar-refractivity contribution in [3.63, 3.8) is 0 Å². The van der Waals surface area contributed by atoms with Crippen molar-refractivity contribution >= 4 is 44.5 Å². The zero-order valence-electron chi connectivity index (χ0n) is 16.1. The largest absolute Gasteiger partial charge is 0.326 e. The van der Waals surface area contributed by atoms with Crippen LogP contribution in [0.4, 0.5) is 11.4 Å². The molecule has 0 unspecified atom stereocenters. The maximum absolute atomic E-state index is 12.8. The molecule has 3 heterocycles. The van der Waals surface area contributed by atoms with Crippen molar-refractivity contribution in [1.29, 1.82) is 0 Å². The van der Waals surface area contributed by atoms with Gasteiger partial charge in [-0.3, -0.25) is 9.59 Å². The Balaban J connectivity index is 1.44. The van der Waals surface area contributed by atoms with Crippen molar-refractivity contribution in [1.82, 2.24) is 4.31 Å². The monoisotopic (exact) mass is 433 g/mol. The Morgan fingerprint density at radius 1 is 1.14 bits per heavy atom. The van der Waals surface area contributed by atoms with Crippen LogP contribution >= 0.6 is 11.3 Å². The van der Waals surface area contributed by atoms with Gasteiger partial charge in [0, 0.05) is 36.9 Å². The van der Waals surface area contributed by atoms with Crippen LogP contribution in [0.5, 0.6) is 0 Å². The van der Waals surface area contributed by atoms with E-state index in [1.807, 2.05) is 35.7 Å². The highest BCUT2D eigenvalue weighted by atomic mass is 32.2. The van der Waals surface area contributed by atoms with Crippen molar-refractivity contribution in [2.75, 3.05) is 36.1 Å². The summed E-state index contributed by atoms with van der Waals surface area (Å²) in [5.41, 5.74) is 2.59. The zero-order valence-corrected chi connectivity index (χ0v) is 17.8. The van der Waals surface area contributed by atoms with Gasteiger partial charge in [-0.15, -0.1) is 11.3 Å². The van der Waals surface area contributed by atoms with Crippen LogP contribution in [-0.2, 0) is 21.2 Å². The van der Waals surface area contributed by atoms with E-state index in [2.05, 4.69) is 5.32 Å². The van der Waals surface area contributed by atoms with E-state index in [4.69, 9.17) is 0 Å². The molecule has 2 aromatic rings. The van der Waals surface area contributed by atoms with Crippen molar-refractivity contribution in [2.45, 2.75) is 19.3 Å². The topological polar surface area (TPSA) is 86.8 Å². The lowest BCUT2D eigenvalue weighted by Gasteiger charge is -2.29. The van der Waals surface area contributed by atoms with Crippen molar-refractivity contribution in [3.8, 4) is 0 Å². The number of benzene rings is 1. The first kappa shape index (κ1) is 20.1. The molecule has 0 atom stereocenters. The van der Waals surface area contributed by atoms with Crippen LogP contribution in [0.1, 0.15) is 28.1 Å². The van der Waals surface area contributed by atoms with Crippen molar-refractivity contribution in [2.24, 2.45) is 5.92 Å². The minimum atomic E-state index is -3.21. The third-order valence-electron chi connectivity index (χ3n) is 5.52. The fourth-order valence-corrected chi connectivity index (χ4v) is 5.44. The highest BCUT2D eigenvalue weighted by molar-refractivity contribution is 7.88. The van der Waals surface area contributed by atoms with Crippen LogP contribution in [0, 0.1) is 5.92 Å². The second kappa shape index (κ2) is 7.89. The second-order valence-electron chi connectivity index (χ2n) is 7.45. The minimum absolute atomic E-state index is 0.0182. The summed E-state index contributed by atoms with van der Waals surface area (Å²) in [5, 5.41) is 4.83. The number of nitrogens with zero attached hydrogens (tertiary/aromatic N) is 2. The highest BCUT2D eigenvalue weighted by Gasteiger charge is 2.30. The Labute approximate surface area is 174 Å². The number of hydrogen-bond acceptors (Lipinski definition) is 5. The number of thiophene rings is 1. The molecule has 9 heteroatoms. The maximum atomic E-state index is 12.8. The molecule has 2 aliphatic rings. The van der Waals surface area contributed by atoms with Crippen LogP contribution in [0.2, 0.25) is 0 Å². The lowest BCUT2D eigenvalue weighted by molar-refractivity contribution is -0.120. The first-order chi connectivity index (χ1) is 13.8. The van der Waals surface area contributed by atoms with Gasteiger partial charge in [0.25, 0.3) is 5.91 Å². The van der Waals surface area contributed by atoms with Gasteiger partial charge in [0.1, 0.15) is 0 Å². The predicted octanol–water partition coefficient (Wildman–Crippen LogP) is 2.56. The molecule has 0 spiro atoms. The maximum Gasteiger partial charge on any atom is 0.268 e. The molecule has 0 radical (unpaired) electrons. The summed E-state index contributed by atoms with van der Waals surface area (Å²) in [6.45, 7) is 1.36. The summed E-state index contributed by atoms with van der Waals surface area (Å²) < 4.78 is 24.7. The average molecular weight is 434 g/mol. The van der Waals surface area contributed by atoms with E-state index >= 15 is 0 Å². The minimum Gasteiger partial charge on any atom is -0.326 e. The molecular formula is C20H23N3O4S2. The Bertz CT molecular complexity index is 1030. The summed E-state index contributed by atoms with van der Waals surface area (Å²) in [4.78, 5) is 27.9. The van der Waals surface area contributed by atoms with Crippen LogP contribution in [0.3, 0.4) is 0 Å². The highest BCUT2D eigenvalue weighted by Crippen LogP contribution is 2.33. The number of piperidine rings is 1. The smallest absolute Gasteiger partial charge is 0.268 e. The Hall–Kier alpha value is -2.23. The van der Waals surface area contributed by atoms with E-state index < -0.39 is 10.0 Å². The van der Waals surface area contributed by atoms with Crippen LogP contribution < -0.4 is 10.2 Å². The predicted molar refractivity (Wildman–Crippen MR) is 114 cm³/mol. The summed E-state index contributed by atoms with van der Waals surface area (Å²) in [6.07, 6.45) is 3.01. The van der Waals surface area contributed by atoms with Gasteiger partial charge in [-0.05, 0) is 48.4 Å². The molecule has 2 aliphatic heterocycles. The number of nitrogens with one attached hydrogen (secondary N) is 1. The molecule has 2 amide bonds. The van der Waals surface area contributed by atoms with Crippen molar-refractivity contribution in [3.05, 3.63) is 46.2 Å². The molecule has 1 N–H and O–H groups in total. The van der Waals surface area contributed by atoms with E-state index in [9.17, 15) is 18.0 Å². The third kappa shape index (κ3) is 4.22. The number of carbonyl (C=O) groups excluding carboxylic acids is 2. The van der Waals surface area contributed by atoms with E-state index in [0.717, 1.165) is 17.7 Å². The van der Waals surface area contributed by atoms with Crippen LogP contribution in [-0.4, -0.2) is 50.4 Å². The number of sulfonamides is 1. The first-order valence-corrected chi connectivity index (χ1v) is 12.3. The molecule has 0 bridgehead atoms. The Morgan fingerprint density at radius 3 is 2.55 bits per heavy atom. The van der Waals surface area contributed by atoms with E-state index in [-0.39, 0.29) is 17.7 Å². The molecule has 154 valence electrons. The van der Waals surface area contributed by atoms with Gasteiger partial charge in [0.05, 0.1) is 11.1 Å². The van der Waals surface area contributed by atoms with Gasteiger partial charge in [0.15, 0.2) is 0 Å². The number of carbonyl (C=O) groups is 2. The SMILES string of the molecule is CS(=O)(=O)N1CCC(C(=O)Nc2ccc3c(c2)N(C(=O)c2cccs2)CC3)CC1. The van der Waals surface area contributed by atoms with Gasteiger partial charge in [-0.25, -0.2) is 12.7 Å². The number of hydrogen-bond donors (Lipinski definition) is 1. The standard InChI is InChI=1S/C20H23N3O4S2/c1-29(26,27)22-9-6-15(7-10-22)19(24)21-16-5-4-14-8-11-23(17(14)13-16)20(25)18-3-2-12-28-18/h2-5,12-13,15H,6-11H2,1H3,(H,21,24). The fraction of sp³-hybridized carbons (Fsp3) is 0.400. The summed E-state index contributed by atoms with van der Waals surface area (Å²) in [5.74, 6) is -0.340. The Kier molecular flexibility index (Phi) is 5.46. The van der Waals surface area contributed by atoms with E-state index in [1.165, 1.54) is 21.9 Å². The fourth-order valence-electron chi connectivity index (χ4n) is 3.90. The molecule has 4 rings (SSSR count). The van der Waals surface area contributed by atoms with Crippen molar-refractivity contribution < 1.29 is 18.0 Å². The molecule has 0 saturated carbocycles. The first-order valence-electron chi connectivity index (χ1n) is 9.57. The summed E-state index contributed by atoms with van der Waals surface area (Å²) in [7, 11) is -3.21. The lowest BCUT2D eigenvalue weighted by atomic mass is 9.97. The van der Waals surface area contributed by atoms with Gasteiger partial charge < -0.3 is 10.2 Å². The number of fused-ring (bicyclic) bond motifs is 1. The normalized spacial score (nSPS) is 17.9. The second-order valence-corrected chi connectivity index (χ2v) is 10.4. The summed E-state index contributed by atoms with van der Waals surface area (Å²) in [6, 6.07) is 9.36. The molecule has 0 aliphatic carbocycles. The quantitative estimate of drug-likeness (QED) is 0.803. The van der Waals surface area contributed by atoms with E-state index in [1.54, 1.807) is 4.90 Å². The molecule has 1 saturated heterocycles. The number of rotatable bonds is 4. The van der Waals surface area contributed by atoms with Gasteiger partial charge in [0.2, 0.25) is 15.9 Å².